The first-order valence-corrected chi connectivity index (χ1v) is 10.1. The normalized spacial score (nSPS) is 34.3. The number of imide groups is 1. The molecule has 4 amide bonds. The van der Waals surface area contributed by atoms with Crippen LogP contribution in [0.4, 0.5) is 4.79 Å². The molecule has 0 aromatic carbocycles. The van der Waals surface area contributed by atoms with Gasteiger partial charge in [0.1, 0.15) is 12.1 Å². The van der Waals surface area contributed by atoms with Crippen LogP contribution in [-0.4, -0.2) is 52.3 Å². The minimum Gasteiger partial charge on any atom is -0.338 e. The van der Waals surface area contributed by atoms with Crippen molar-refractivity contribution in [1.82, 2.24) is 15.1 Å². The van der Waals surface area contributed by atoms with Gasteiger partial charge in [-0.3, -0.25) is 14.5 Å². The van der Waals surface area contributed by atoms with Crippen LogP contribution in [0.1, 0.15) is 72.6 Å². The molecule has 6 heteroatoms. The van der Waals surface area contributed by atoms with E-state index in [9.17, 15) is 14.4 Å². The fourth-order valence-electron chi connectivity index (χ4n) is 5.63. The van der Waals surface area contributed by atoms with Crippen LogP contribution < -0.4 is 5.32 Å². The Balaban J connectivity index is 1.74. The summed E-state index contributed by atoms with van der Waals surface area (Å²) in [6.45, 7) is 9.13. The molecule has 1 spiro atoms. The van der Waals surface area contributed by atoms with Gasteiger partial charge >= 0.3 is 6.03 Å². The van der Waals surface area contributed by atoms with Crippen molar-refractivity contribution in [2.45, 2.75) is 84.2 Å². The van der Waals surface area contributed by atoms with Crippen molar-refractivity contribution < 1.29 is 14.4 Å². The van der Waals surface area contributed by atoms with Crippen LogP contribution in [0.5, 0.6) is 0 Å². The molecule has 0 bridgehead atoms. The fraction of sp³-hybridized carbons (Fsp3) is 0.850. The maximum atomic E-state index is 13.2. The summed E-state index contributed by atoms with van der Waals surface area (Å²) in [4.78, 5) is 41.6. The molecule has 1 saturated carbocycles. The Labute approximate surface area is 156 Å². The average Bonchev–Trinajstić information content (AvgIpc) is 2.76. The molecule has 3 rings (SSSR count). The van der Waals surface area contributed by atoms with Gasteiger partial charge in [-0.2, -0.15) is 0 Å². The molecule has 3 fully saturated rings. The molecule has 1 N–H and O–H groups in total. The molecule has 2 saturated heterocycles. The molecule has 0 aromatic heterocycles. The van der Waals surface area contributed by atoms with Gasteiger partial charge in [-0.1, -0.05) is 27.7 Å². The predicted molar refractivity (Wildman–Crippen MR) is 99.4 cm³/mol. The lowest BCUT2D eigenvalue weighted by Crippen LogP contribution is -2.54. The first kappa shape index (κ1) is 19.2. The first-order valence-electron chi connectivity index (χ1n) is 10.1. The lowest BCUT2D eigenvalue weighted by molar-refractivity contribution is -0.142. The number of urea groups is 1. The minimum absolute atomic E-state index is 0.000795. The first-order chi connectivity index (χ1) is 12.2. The quantitative estimate of drug-likeness (QED) is 0.784. The van der Waals surface area contributed by atoms with Crippen LogP contribution in [0.3, 0.4) is 0 Å². The number of nitrogens with one attached hydrogen (secondary N) is 1. The monoisotopic (exact) mass is 363 g/mol. The number of hydrogen-bond acceptors (Lipinski definition) is 3. The Bertz CT molecular complexity index is 603. The maximum Gasteiger partial charge on any atom is 0.325 e. The van der Waals surface area contributed by atoms with Crippen molar-refractivity contribution in [3.63, 3.8) is 0 Å². The second-order valence-corrected chi connectivity index (χ2v) is 9.40. The van der Waals surface area contributed by atoms with Crippen LogP contribution >= 0.6 is 0 Å². The minimum atomic E-state index is -0.829. The second kappa shape index (κ2) is 6.86. The predicted octanol–water partition coefficient (Wildman–Crippen LogP) is 2.91. The van der Waals surface area contributed by atoms with Gasteiger partial charge in [-0.15, -0.1) is 0 Å². The summed E-state index contributed by atoms with van der Waals surface area (Å²) < 4.78 is 0. The Morgan fingerprint density at radius 2 is 1.96 bits per heavy atom. The van der Waals surface area contributed by atoms with E-state index in [0.29, 0.717) is 18.8 Å². The zero-order valence-electron chi connectivity index (χ0n) is 16.6. The zero-order valence-corrected chi connectivity index (χ0v) is 16.6. The number of rotatable bonds is 3. The molecule has 146 valence electrons. The van der Waals surface area contributed by atoms with Crippen molar-refractivity contribution in [2.24, 2.45) is 11.3 Å². The van der Waals surface area contributed by atoms with Crippen molar-refractivity contribution >= 4 is 17.8 Å². The van der Waals surface area contributed by atoms with E-state index in [2.05, 4.69) is 33.0 Å². The third-order valence-electron chi connectivity index (χ3n) is 6.34. The highest BCUT2D eigenvalue weighted by molar-refractivity contribution is 6.09. The molecule has 3 aliphatic rings. The summed E-state index contributed by atoms with van der Waals surface area (Å²) in [6, 6.07) is -0.169. The van der Waals surface area contributed by atoms with E-state index in [4.69, 9.17) is 0 Å². The van der Waals surface area contributed by atoms with E-state index in [1.807, 2.05) is 4.90 Å². The number of nitrogens with zero attached hydrogens (tertiary/aromatic N) is 2. The SMILES string of the molecule is CCC1CCCCN1C(=O)CN1C(=O)NC2(CC(C)CC(C)(C)C2)C1=O. The smallest absolute Gasteiger partial charge is 0.325 e. The summed E-state index contributed by atoms with van der Waals surface area (Å²) >= 11 is 0. The number of carbonyl (C=O) groups is 3. The van der Waals surface area contributed by atoms with Gasteiger partial charge in [-0.25, -0.2) is 4.79 Å². The summed E-state index contributed by atoms with van der Waals surface area (Å²) in [5.74, 6) is 0.0611. The third kappa shape index (κ3) is 3.47. The molecular weight excluding hydrogens is 330 g/mol. The van der Waals surface area contributed by atoms with E-state index >= 15 is 0 Å². The summed E-state index contributed by atoms with van der Waals surface area (Å²) in [7, 11) is 0. The van der Waals surface area contributed by atoms with Crippen molar-refractivity contribution in [3.05, 3.63) is 0 Å². The van der Waals surface area contributed by atoms with Crippen LogP contribution in [-0.2, 0) is 9.59 Å². The highest BCUT2D eigenvalue weighted by Gasteiger charge is 2.56. The largest absolute Gasteiger partial charge is 0.338 e. The molecule has 26 heavy (non-hydrogen) atoms. The van der Waals surface area contributed by atoms with Crippen LogP contribution in [0.25, 0.3) is 0 Å². The Morgan fingerprint density at radius 1 is 1.23 bits per heavy atom. The molecule has 0 aromatic rings. The molecule has 1 aliphatic carbocycles. The topological polar surface area (TPSA) is 69.7 Å². The maximum absolute atomic E-state index is 13.2. The molecule has 2 heterocycles. The number of piperidine rings is 1. The second-order valence-electron chi connectivity index (χ2n) is 9.40. The van der Waals surface area contributed by atoms with Gasteiger partial charge in [-0.05, 0) is 56.3 Å². The van der Waals surface area contributed by atoms with Gasteiger partial charge in [0.05, 0.1) is 0 Å². The molecule has 3 unspecified atom stereocenters. The number of likely N-dealkylation sites (tertiary alicyclic amines) is 1. The highest BCUT2D eigenvalue weighted by atomic mass is 16.2. The number of amides is 4. The van der Waals surface area contributed by atoms with Gasteiger partial charge in [0, 0.05) is 12.6 Å². The fourth-order valence-corrected chi connectivity index (χ4v) is 5.63. The molecule has 6 nitrogen and oxygen atoms in total. The summed E-state index contributed by atoms with van der Waals surface area (Å²) in [6.07, 6.45) is 6.41. The lowest BCUT2D eigenvalue weighted by Gasteiger charge is -2.43. The Hall–Kier alpha value is -1.59. The standard InChI is InChI=1S/C20H33N3O3/c1-5-15-8-6-7-9-22(15)16(24)12-23-17(25)20(21-18(23)26)11-14(2)10-19(3,4)13-20/h14-15H,5-13H2,1-4H3,(H,21,26). The molecule has 0 radical (unpaired) electrons. The molecule has 3 atom stereocenters. The van der Waals surface area contributed by atoms with Crippen molar-refractivity contribution in [3.8, 4) is 0 Å². The van der Waals surface area contributed by atoms with E-state index in [1.54, 1.807) is 0 Å². The molecule has 2 aliphatic heterocycles. The van der Waals surface area contributed by atoms with Crippen molar-refractivity contribution in [2.75, 3.05) is 13.1 Å². The van der Waals surface area contributed by atoms with E-state index in [1.165, 1.54) is 0 Å². The lowest BCUT2D eigenvalue weighted by atomic mass is 9.64. The van der Waals surface area contributed by atoms with Crippen LogP contribution in [0.15, 0.2) is 0 Å². The van der Waals surface area contributed by atoms with E-state index in [-0.39, 0.29) is 29.8 Å². The highest BCUT2D eigenvalue weighted by Crippen LogP contribution is 2.46. The number of hydrogen-bond donors (Lipinski definition) is 1. The third-order valence-corrected chi connectivity index (χ3v) is 6.34. The number of carbonyl (C=O) groups excluding carboxylic acids is 3. The zero-order chi connectivity index (χ0) is 19.1. The van der Waals surface area contributed by atoms with Gasteiger partial charge in [0.15, 0.2) is 0 Å². The van der Waals surface area contributed by atoms with Crippen molar-refractivity contribution in [1.29, 1.82) is 0 Å². The van der Waals surface area contributed by atoms with Gasteiger partial charge < -0.3 is 10.2 Å². The summed E-state index contributed by atoms with van der Waals surface area (Å²) in [5.41, 5.74) is -0.828. The van der Waals surface area contributed by atoms with E-state index < -0.39 is 11.6 Å². The van der Waals surface area contributed by atoms with Crippen LogP contribution in [0.2, 0.25) is 0 Å². The Morgan fingerprint density at radius 3 is 2.62 bits per heavy atom. The van der Waals surface area contributed by atoms with Gasteiger partial charge in [0.2, 0.25) is 5.91 Å². The van der Waals surface area contributed by atoms with Gasteiger partial charge in [0.25, 0.3) is 5.91 Å². The molecular formula is C20H33N3O3. The van der Waals surface area contributed by atoms with E-state index in [0.717, 1.165) is 43.5 Å². The summed E-state index contributed by atoms with van der Waals surface area (Å²) in [5, 5.41) is 2.96. The Kier molecular flexibility index (Phi) is 5.06. The average molecular weight is 364 g/mol. The van der Waals surface area contributed by atoms with Crippen LogP contribution in [0, 0.1) is 11.3 Å².